The zero-order chi connectivity index (χ0) is 11.9. The molecule has 90 valence electrons. The Balaban J connectivity index is 2.72. The van der Waals surface area contributed by atoms with E-state index in [9.17, 15) is 8.42 Å². The molecular weight excluding hydrogens is 232 g/mol. The van der Waals surface area contributed by atoms with Crippen LogP contribution in [0.2, 0.25) is 0 Å². The maximum atomic E-state index is 11.5. The van der Waals surface area contributed by atoms with E-state index in [1.807, 2.05) is 0 Å². The van der Waals surface area contributed by atoms with Crippen LogP contribution in [0.1, 0.15) is 40.0 Å². The smallest absolute Gasteiger partial charge is 0.151 e. The third-order valence-electron chi connectivity index (χ3n) is 3.49. The van der Waals surface area contributed by atoms with Crippen LogP contribution in [0.5, 0.6) is 0 Å². The molecule has 0 bridgehead atoms. The van der Waals surface area contributed by atoms with Crippen LogP contribution in [0.4, 0.5) is 0 Å². The van der Waals surface area contributed by atoms with Gasteiger partial charge in [0, 0.05) is 6.26 Å². The number of sulfone groups is 1. The first-order valence-electron chi connectivity index (χ1n) is 5.45. The number of rotatable bonds is 1. The molecule has 1 fully saturated rings. The molecule has 0 aliphatic heterocycles. The third kappa shape index (κ3) is 3.35. The molecule has 3 atom stereocenters. The van der Waals surface area contributed by atoms with Gasteiger partial charge in [0.1, 0.15) is 0 Å². The van der Waals surface area contributed by atoms with Crippen molar-refractivity contribution >= 4 is 21.4 Å². The van der Waals surface area contributed by atoms with Crippen molar-refractivity contribution in [3.8, 4) is 0 Å². The second-order valence-electron chi connectivity index (χ2n) is 5.76. The Hall–Kier alpha value is 0.240. The van der Waals surface area contributed by atoms with E-state index in [0.717, 1.165) is 19.3 Å². The van der Waals surface area contributed by atoms with Crippen LogP contribution < -0.4 is 0 Å². The van der Waals surface area contributed by atoms with Gasteiger partial charge in [-0.25, -0.2) is 8.42 Å². The summed E-state index contributed by atoms with van der Waals surface area (Å²) in [5, 5.41) is -0.546. The second kappa shape index (κ2) is 4.25. The zero-order valence-corrected chi connectivity index (χ0v) is 11.5. The summed E-state index contributed by atoms with van der Waals surface area (Å²) in [7, 11) is -2.98. The monoisotopic (exact) mass is 252 g/mol. The highest BCUT2D eigenvalue weighted by molar-refractivity contribution is 7.91. The maximum absolute atomic E-state index is 11.5. The average Bonchev–Trinajstić information content (AvgIpc) is 1.99. The normalized spacial score (nSPS) is 34.1. The van der Waals surface area contributed by atoms with E-state index in [0.29, 0.717) is 5.92 Å². The maximum Gasteiger partial charge on any atom is 0.151 e. The van der Waals surface area contributed by atoms with E-state index in [1.54, 1.807) is 0 Å². The lowest BCUT2D eigenvalue weighted by Crippen LogP contribution is -2.39. The standard InChI is InChI=1S/C11H21ClO2S/c1-11(2,3)8-5-6-10(9(12)7-8)15(4,13)14/h8-10H,5-7H2,1-4H3. The minimum atomic E-state index is -2.98. The lowest BCUT2D eigenvalue weighted by Gasteiger charge is -2.38. The van der Waals surface area contributed by atoms with Gasteiger partial charge in [-0.1, -0.05) is 20.8 Å². The lowest BCUT2D eigenvalue weighted by molar-refractivity contribution is 0.183. The van der Waals surface area contributed by atoms with Gasteiger partial charge in [-0.15, -0.1) is 11.6 Å². The van der Waals surface area contributed by atoms with Crippen LogP contribution in [-0.2, 0) is 9.84 Å². The summed E-state index contributed by atoms with van der Waals surface area (Å²) in [6.45, 7) is 6.59. The van der Waals surface area contributed by atoms with Gasteiger partial charge in [0.05, 0.1) is 10.6 Å². The van der Waals surface area contributed by atoms with Crippen LogP contribution in [-0.4, -0.2) is 25.3 Å². The molecule has 0 radical (unpaired) electrons. The topological polar surface area (TPSA) is 34.1 Å². The second-order valence-corrected chi connectivity index (χ2v) is 8.59. The summed E-state index contributed by atoms with van der Waals surface area (Å²) in [5.41, 5.74) is 0.232. The van der Waals surface area contributed by atoms with E-state index >= 15 is 0 Å². The largest absolute Gasteiger partial charge is 0.229 e. The van der Waals surface area contributed by atoms with Crippen LogP contribution in [0.15, 0.2) is 0 Å². The third-order valence-corrected chi connectivity index (χ3v) is 5.78. The summed E-state index contributed by atoms with van der Waals surface area (Å²) in [5.74, 6) is 0.540. The molecule has 4 heteroatoms. The van der Waals surface area contributed by atoms with Crippen molar-refractivity contribution in [1.29, 1.82) is 0 Å². The van der Waals surface area contributed by atoms with Gasteiger partial charge >= 0.3 is 0 Å². The van der Waals surface area contributed by atoms with Gasteiger partial charge in [0.15, 0.2) is 9.84 Å². The first kappa shape index (κ1) is 13.3. The van der Waals surface area contributed by atoms with E-state index < -0.39 is 9.84 Å². The highest BCUT2D eigenvalue weighted by Gasteiger charge is 2.39. The van der Waals surface area contributed by atoms with Gasteiger partial charge in [0.2, 0.25) is 0 Å². The summed E-state index contributed by atoms with van der Waals surface area (Å²) in [6, 6.07) is 0. The minimum absolute atomic E-state index is 0.210. The molecule has 2 nitrogen and oxygen atoms in total. The van der Waals surface area contributed by atoms with Crippen LogP contribution >= 0.6 is 11.6 Å². The Labute approximate surface area is 98.3 Å². The average molecular weight is 253 g/mol. The first-order valence-corrected chi connectivity index (χ1v) is 7.84. The summed E-state index contributed by atoms with van der Waals surface area (Å²) >= 11 is 6.19. The van der Waals surface area contributed by atoms with Gasteiger partial charge in [-0.2, -0.15) is 0 Å². The molecule has 1 aliphatic rings. The van der Waals surface area contributed by atoms with E-state index in [2.05, 4.69) is 20.8 Å². The highest BCUT2D eigenvalue weighted by atomic mass is 35.5. The molecule has 1 saturated carbocycles. The Bertz CT molecular complexity index is 316. The Morgan fingerprint density at radius 3 is 2.07 bits per heavy atom. The molecule has 0 saturated heterocycles. The fourth-order valence-electron chi connectivity index (χ4n) is 2.36. The molecule has 0 heterocycles. The number of alkyl halides is 1. The first-order chi connectivity index (χ1) is 6.62. The van der Waals surface area contributed by atoms with Crippen molar-refractivity contribution < 1.29 is 8.42 Å². The van der Waals surface area contributed by atoms with Gasteiger partial charge in [-0.05, 0) is 30.6 Å². The number of hydrogen-bond donors (Lipinski definition) is 0. The Morgan fingerprint density at radius 2 is 1.73 bits per heavy atom. The molecule has 3 unspecified atom stereocenters. The number of halogens is 1. The predicted molar refractivity (Wildman–Crippen MR) is 65.1 cm³/mol. The van der Waals surface area contributed by atoms with Gasteiger partial charge in [0.25, 0.3) is 0 Å². The van der Waals surface area contributed by atoms with Crippen LogP contribution in [0.25, 0.3) is 0 Å². The lowest BCUT2D eigenvalue weighted by atomic mass is 9.72. The molecule has 1 aliphatic carbocycles. The molecule has 1 rings (SSSR count). The van der Waals surface area contributed by atoms with Crippen LogP contribution in [0.3, 0.4) is 0 Å². The fourth-order valence-corrected chi connectivity index (χ4v) is 4.47. The van der Waals surface area contributed by atoms with E-state index in [4.69, 9.17) is 11.6 Å². The molecular formula is C11H21ClO2S. The summed E-state index contributed by atoms with van der Waals surface area (Å²) in [4.78, 5) is 0. The van der Waals surface area contributed by atoms with Crippen molar-refractivity contribution in [2.75, 3.05) is 6.26 Å². The SMILES string of the molecule is CC(C)(C)C1CCC(S(C)(=O)=O)C(Cl)C1. The molecule has 0 N–H and O–H groups in total. The van der Waals surface area contributed by atoms with Crippen molar-refractivity contribution in [1.82, 2.24) is 0 Å². The number of hydrogen-bond acceptors (Lipinski definition) is 2. The Morgan fingerprint density at radius 1 is 1.20 bits per heavy atom. The predicted octanol–water partition coefficient (Wildman–Crippen LogP) is 2.85. The molecule has 0 aromatic rings. The fraction of sp³-hybridized carbons (Fsp3) is 1.00. The zero-order valence-electron chi connectivity index (χ0n) is 9.96. The highest BCUT2D eigenvalue weighted by Crippen LogP contribution is 2.41. The van der Waals surface area contributed by atoms with Gasteiger partial charge < -0.3 is 0 Å². The van der Waals surface area contributed by atoms with Crippen molar-refractivity contribution in [2.24, 2.45) is 11.3 Å². The molecule has 0 amide bonds. The van der Waals surface area contributed by atoms with E-state index in [-0.39, 0.29) is 16.0 Å². The van der Waals surface area contributed by atoms with Crippen molar-refractivity contribution in [2.45, 2.75) is 50.7 Å². The minimum Gasteiger partial charge on any atom is -0.229 e. The molecule has 0 spiro atoms. The van der Waals surface area contributed by atoms with Crippen LogP contribution in [0, 0.1) is 11.3 Å². The quantitative estimate of drug-likeness (QED) is 0.673. The van der Waals surface area contributed by atoms with Crippen molar-refractivity contribution in [3.05, 3.63) is 0 Å². The molecule has 15 heavy (non-hydrogen) atoms. The van der Waals surface area contributed by atoms with Gasteiger partial charge in [-0.3, -0.25) is 0 Å². The van der Waals surface area contributed by atoms with E-state index in [1.165, 1.54) is 6.26 Å². The summed E-state index contributed by atoms with van der Waals surface area (Å²) < 4.78 is 22.9. The Kier molecular flexibility index (Phi) is 3.77. The summed E-state index contributed by atoms with van der Waals surface area (Å²) in [6.07, 6.45) is 3.81. The molecule has 0 aromatic carbocycles. The molecule has 0 aromatic heterocycles. The van der Waals surface area contributed by atoms with Crippen molar-refractivity contribution in [3.63, 3.8) is 0 Å².